The summed E-state index contributed by atoms with van der Waals surface area (Å²) in [6.07, 6.45) is 3.76. The minimum absolute atomic E-state index is 0.150. The number of aliphatic hydroxyl groups is 1. The standard InChI is InChI=1S/C30H32N2O3/c1-23-29(27(33)21-35-28-19-11-12-20-34-28)31-22-32(23)30(24-13-5-2-6-14-24,25-15-7-3-8-16-25)26-17-9-4-10-18-26/h2-10,13-18,22,27-28,33H,11-12,19-21H2,1H3. The Morgan fingerprint density at radius 1 is 0.914 bits per heavy atom. The van der Waals surface area contributed by atoms with E-state index in [1.54, 1.807) is 0 Å². The van der Waals surface area contributed by atoms with Gasteiger partial charge in [-0.15, -0.1) is 0 Å². The average Bonchev–Trinajstić information content (AvgIpc) is 3.32. The van der Waals surface area contributed by atoms with Crippen molar-refractivity contribution in [3.63, 3.8) is 0 Å². The molecule has 5 heteroatoms. The summed E-state index contributed by atoms with van der Waals surface area (Å²) < 4.78 is 13.7. The molecule has 2 unspecified atom stereocenters. The van der Waals surface area contributed by atoms with Crippen molar-refractivity contribution in [1.29, 1.82) is 0 Å². The zero-order valence-corrected chi connectivity index (χ0v) is 20.1. The highest BCUT2D eigenvalue weighted by atomic mass is 16.7. The Kier molecular flexibility index (Phi) is 7.09. The number of hydrogen-bond donors (Lipinski definition) is 1. The molecule has 2 atom stereocenters. The van der Waals surface area contributed by atoms with Crippen LogP contribution in [0.2, 0.25) is 0 Å². The molecule has 0 amide bonds. The molecule has 1 aliphatic rings. The largest absolute Gasteiger partial charge is 0.384 e. The molecule has 1 fully saturated rings. The van der Waals surface area contributed by atoms with E-state index in [0.717, 1.165) is 41.6 Å². The van der Waals surface area contributed by atoms with Crippen LogP contribution in [0.3, 0.4) is 0 Å². The average molecular weight is 469 g/mol. The predicted octanol–water partition coefficient (Wildman–Crippen LogP) is 5.61. The van der Waals surface area contributed by atoms with Crippen molar-refractivity contribution in [3.8, 4) is 0 Å². The normalized spacial score (nSPS) is 17.3. The van der Waals surface area contributed by atoms with Crippen LogP contribution < -0.4 is 0 Å². The number of imidazole rings is 1. The van der Waals surface area contributed by atoms with Crippen LogP contribution in [0.15, 0.2) is 97.3 Å². The van der Waals surface area contributed by atoms with E-state index in [1.165, 1.54) is 0 Å². The van der Waals surface area contributed by atoms with Gasteiger partial charge in [0.05, 0.1) is 18.6 Å². The van der Waals surface area contributed by atoms with Crippen molar-refractivity contribution in [2.75, 3.05) is 13.2 Å². The van der Waals surface area contributed by atoms with Crippen molar-refractivity contribution in [2.45, 2.75) is 44.1 Å². The molecule has 1 aliphatic heterocycles. The molecular formula is C30H32N2O3. The molecule has 1 saturated heterocycles. The number of ether oxygens (including phenoxy) is 2. The monoisotopic (exact) mass is 468 g/mol. The SMILES string of the molecule is Cc1c(C(O)COC2CCCCO2)ncn1C(c1ccccc1)(c1ccccc1)c1ccccc1. The lowest BCUT2D eigenvalue weighted by Crippen LogP contribution is -2.38. The van der Waals surface area contributed by atoms with Gasteiger partial charge in [-0.25, -0.2) is 4.98 Å². The lowest BCUT2D eigenvalue weighted by molar-refractivity contribution is -0.176. The highest BCUT2D eigenvalue weighted by molar-refractivity contribution is 5.51. The van der Waals surface area contributed by atoms with Crippen LogP contribution >= 0.6 is 0 Å². The number of aliphatic hydroxyl groups excluding tert-OH is 1. The molecule has 5 rings (SSSR count). The molecule has 0 spiro atoms. The quantitative estimate of drug-likeness (QED) is 0.342. The second-order valence-corrected chi connectivity index (χ2v) is 9.04. The molecule has 2 heterocycles. The van der Waals surface area contributed by atoms with E-state index in [0.29, 0.717) is 12.3 Å². The molecule has 1 N–H and O–H groups in total. The van der Waals surface area contributed by atoms with Crippen LogP contribution in [0.5, 0.6) is 0 Å². The van der Waals surface area contributed by atoms with Gasteiger partial charge >= 0.3 is 0 Å². The molecule has 0 bridgehead atoms. The van der Waals surface area contributed by atoms with E-state index < -0.39 is 11.6 Å². The first-order valence-corrected chi connectivity index (χ1v) is 12.3. The topological polar surface area (TPSA) is 56.5 Å². The number of hydrogen-bond acceptors (Lipinski definition) is 4. The maximum Gasteiger partial charge on any atom is 0.157 e. The summed E-state index contributed by atoms with van der Waals surface area (Å²) in [5.74, 6) is 0. The van der Waals surface area contributed by atoms with Crippen LogP contribution in [0.25, 0.3) is 0 Å². The molecule has 0 saturated carbocycles. The summed E-state index contributed by atoms with van der Waals surface area (Å²) in [7, 11) is 0. The highest BCUT2D eigenvalue weighted by Crippen LogP contribution is 2.42. The number of aromatic nitrogens is 2. The fourth-order valence-electron chi connectivity index (χ4n) is 5.16. The zero-order valence-electron chi connectivity index (χ0n) is 20.1. The summed E-state index contributed by atoms with van der Waals surface area (Å²) in [6, 6.07) is 31.4. The van der Waals surface area contributed by atoms with Gasteiger partial charge in [0.1, 0.15) is 11.6 Å². The van der Waals surface area contributed by atoms with Crippen molar-refractivity contribution in [3.05, 3.63) is 125 Å². The van der Waals surface area contributed by atoms with E-state index in [-0.39, 0.29) is 12.9 Å². The highest BCUT2D eigenvalue weighted by Gasteiger charge is 2.40. The molecule has 3 aromatic carbocycles. The Bertz CT molecular complexity index is 1110. The Balaban J connectivity index is 1.61. The molecule has 35 heavy (non-hydrogen) atoms. The van der Waals surface area contributed by atoms with Gasteiger partial charge in [0.2, 0.25) is 0 Å². The van der Waals surface area contributed by atoms with Gasteiger partial charge in [0.15, 0.2) is 6.29 Å². The Morgan fingerprint density at radius 2 is 1.46 bits per heavy atom. The number of rotatable bonds is 8. The van der Waals surface area contributed by atoms with Crippen LogP contribution in [0.4, 0.5) is 0 Å². The van der Waals surface area contributed by atoms with Crippen molar-refractivity contribution >= 4 is 0 Å². The molecular weight excluding hydrogens is 436 g/mol. The molecule has 180 valence electrons. The van der Waals surface area contributed by atoms with E-state index in [2.05, 4.69) is 77.4 Å². The molecule has 4 aromatic rings. The summed E-state index contributed by atoms with van der Waals surface area (Å²) in [5, 5.41) is 11.1. The zero-order chi connectivity index (χ0) is 24.1. The predicted molar refractivity (Wildman–Crippen MR) is 136 cm³/mol. The lowest BCUT2D eigenvalue weighted by Gasteiger charge is -2.38. The number of nitrogens with zero attached hydrogens (tertiary/aromatic N) is 2. The summed E-state index contributed by atoms with van der Waals surface area (Å²) in [5.41, 5.74) is 4.20. The van der Waals surface area contributed by atoms with Crippen LogP contribution in [0.1, 0.15) is 53.4 Å². The lowest BCUT2D eigenvalue weighted by atomic mass is 9.76. The van der Waals surface area contributed by atoms with Gasteiger partial charge in [-0.3, -0.25) is 0 Å². The third kappa shape index (κ3) is 4.55. The van der Waals surface area contributed by atoms with Gasteiger partial charge in [-0.2, -0.15) is 0 Å². The first kappa shape index (κ1) is 23.5. The Morgan fingerprint density at radius 3 is 1.94 bits per heavy atom. The van der Waals surface area contributed by atoms with Crippen molar-refractivity contribution in [1.82, 2.24) is 9.55 Å². The maximum absolute atomic E-state index is 11.1. The molecule has 1 aromatic heterocycles. The van der Waals surface area contributed by atoms with Crippen molar-refractivity contribution in [2.24, 2.45) is 0 Å². The first-order chi connectivity index (χ1) is 17.2. The summed E-state index contributed by atoms with van der Waals surface area (Å²) in [6.45, 7) is 2.88. The second-order valence-electron chi connectivity index (χ2n) is 9.04. The maximum atomic E-state index is 11.1. The van der Waals surface area contributed by atoms with Crippen molar-refractivity contribution < 1.29 is 14.6 Å². The molecule has 0 aliphatic carbocycles. The van der Waals surface area contributed by atoms with Gasteiger partial charge in [-0.1, -0.05) is 91.0 Å². The minimum Gasteiger partial charge on any atom is -0.384 e. The van der Waals surface area contributed by atoms with E-state index in [1.807, 2.05) is 31.5 Å². The molecule has 5 nitrogen and oxygen atoms in total. The van der Waals surface area contributed by atoms with Crippen LogP contribution in [-0.4, -0.2) is 34.2 Å². The van der Waals surface area contributed by atoms with Gasteiger partial charge in [0.25, 0.3) is 0 Å². The minimum atomic E-state index is -0.846. The van der Waals surface area contributed by atoms with E-state index in [9.17, 15) is 5.11 Å². The smallest absolute Gasteiger partial charge is 0.157 e. The summed E-state index contributed by atoms with van der Waals surface area (Å²) >= 11 is 0. The van der Waals surface area contributed by atoms with Gasteiger partial charge in [0, 0.05) is 12.3 Å². The fraction of sp³-hybridized carbons (Fsp3) is 0.300. The second kappa shape index (κ2) is 10.6. The third-order valence-electron chi connectivity index (χ3n) is 6.87. The van der Waals surface area contributed by atoms with E-state index >= 15 is 0 Å². The van der Waals surface area contributed by atoms with Crippen LogP contribution in [0, 0.1) is 6.92 Å². The van der Waals surface area contributed by atoms with Gasteiger partial charge < -0.3 is 19.1 Å². The first-order valence-electron chi connectivity index (χ1n) is 12.3. The summed E-state index contributed by atoms with van der Waals surface area (Å²) in [4.78, 5) is 4.71. The fourth-order valence-corrected chi connectivity index (χ4v) is 5.16. The number of benzene rings is 3. The van der Waals surface area contributed by atoms with E-state index in [4.69, 9.17) is 14.5 Å². The Labute approximate surface area is 207 Å². The van der Waals surface area contributed by atoms with Crippen LogP contribution in [-0.2, 0) is 15.0 Å². The third-order valence-corrected chi connectivity index (χ3v) is 6.87. The Hall–Kier alpha value is -3.25. The molecule has 0 radical (unpaired) electrons. The van der Waals surface area contributed by atoms with Gasteiger partial charge in [-0.05, 0) is 42.9 Å².